The Morgan fingerprint density at radius 2 is 2.00 bits per heavy atom. The van der Waals surface area contributed by atoms with Crippen molar-refractivity contribution in [3.8, 4) is 17.2 Å². The molecule has 4 heteroatoms. The van der Waals surface area contributed by atoms with Gasteiger partial charge in [-0.05, 0) is 36.2 Å². The third-order valence-corrected chi connectivity index (χ3v) is 2.87. The van der Waals surface area contributed by atoms with Crippen LogP contribution in [-0.2, 0) is 0 Å². The first-order valence-electron chi connectivity index (χ1n) is 5.57. The first-order chi connectivity index (χ1) is 9.04. The van der Waals surface area contributed by atoms with Gasteiger partial charge in [0.15, 0.2) is 0 Å². The van der Waals surface area contributed by atoms with Crippen molar-refractivity contribution in [2.75, 3.05) is 0 Å². The summed E-state index contributed by atoms with van der Waals surface area (Å²) in [6.45, 7) is 1.65. The molecule has 1 N–H and O–H groups in total. The van der Waals surface area contributed by atoms with Gasteiger partial charge in [0.05, 0.1) is 17.2 Å². The quantitative estimate of drug-likeness (QED) is 0.894. The lowest BCUT2D eigenvalue weighted by molar-refractivity contribution is 0.0697. The van der Waals surface area contributed by atoms with Gasteiger partial charge < -0.3 is 5.11 Å². The highest BCUT2D eigenvalue weighted by Gasteiger charge is 2.17. The zero-order chi connectivity index (χ0) is 14.0. The van der Waals surface area contributed by atoms with E-state index >= 15 is 0 Å². The van der Waals surface area contributed by atoms with Crippen molar-refractivity contribution in [2.24, 2.45) is 0 Å². The molecule has 0 aliphatic rings. The molecule has 2 aromatic carbocycles. The van der Waals surface area contributed by atoms with Crippen molar-refractivity contribution in [1.29, 1.82) is 5.26 Å². The minimum absolute atomic E-state index is 0.0523. The second kappa shape index (κ2) is 4.91. The largest absolute Gasteiger partial charge is 0.478 e. The summed E-state index contributed by atoms with van der Waals surface area (Å²) < 4.78 is 13.9. The number of aryl methyl sites for hydroxylation is 1. The molecule has 0 aromatic heterocycles. The highest BCUT2D eigenvalue weighted by Crippen LogP contribution is 2.29. The number of benzene rings is 2. The van der Waals surface area contributed by atoms with Gasteiger partial charge in [-0.25, -0.2) is 9.18 Å². The Hall–Kier alpha value is -2.67. The number of hydrogen-bond donors (Lipinski definition) is 1. The number of carbonyl (C=O) groups is 1. The van der Waals surface area contributed by atoms with Crippen LogP contribution in [0.4, 0.5) is 4.39 Å². The Morgan fingerprint density at radius 1 is 1.26 bits per heavy atom. The summed E-state index contributed by atoms with van der Waals surface area (Å²) in [5, 5.41) is 18.1. The Bertz CT molecular complexity index is 702. The average molecular weight is 255 g/mol. The van der Waals surface area contributed by atoms with Crippen LogP contribution in [0.15, 0.2) is 36.4 Å². The van der Waals surface area contributed by atoms with Gasteiger partial charge in [0, 0.05) is 5.56 Å². The zero-order valence-electron chi connectivity index (χ0n) is 10.1. The van der Waals surface area contributed by atoms with Gasteiger partial charge in [0.25, 0.3) is 0 Å². The molecule has 0 fully saturated rings. The molecule has 0 atom stereocenters. The summed E-state index contributed by atoms with van der Waals surface area (Å²) in [4.78, 5) is 11.3. The van der Waals surface area contributed by atoms with Crippen molar-refractivity contribution >= 4 is 5.97 Å². The lowest BCUT2D eigenvalue weighted by atomic mass is 9.94. The van der Waals surface area contributed by atoms with E-state index in [9.17, 15) is 14.3 Å². The molecular formula is C15H10FNO2. The van der Waals surface area contributed by atoms with Gasteiger partial charge in [-0.2, -0.15) is 5.26 Å². The van der Waals surface area contributed by atoms with Crippen LogP contribution in [0, 0.1) is 24.1 Å². The van der Waals surface area contributed by atoms with Gasteiger partial charge in [-0.3, -0.25) is 0 Å². The van der Waals surface area contributed by atoms with Crippen molar-refractivity contribution in [3.63, 3.8) is 0 Å². The molecular weight excluding hydrogens is 245 g/mol. The van der Waals surface area contributed by atoms with Crippen LogP contribution in [0.1, 0.15) is 21.5 Å². The maximum Gasteiger partial charge on any atom is 0.336 e. The van der Waals surface area contributed by atoms with Crippen molar-refractivity contribution in [2.45, 2.75) is 6.92 Å². The summed E-state index contributed by atoms with van der Waals surface area (Å²) in [5.74, 6) is -1.66. The smallest absolute Gasteiger partial charge is 0.336 e. The highest BCUT2D eigenvalue weighted by molar-refractivity contribution is 5.97. The second-order valence-electron chi connectivity index (χ2n) is 4.11. The molecule has 0 aliphatic heterocycles. The van der Waals surface area contributed by atoms with E-state index in [-0.39, 0.29) is 22.3 Å². The topological polar surface area (TPSA) is 61.1 Å². The number of nitriles is 1. The van der Waals surface area contributed by atoms with Crippen LogP contribution in [0.5, 0.6) is 0 Å². The molecule has 3 nitrogen and oxygen atoms in total. The Labute approximate surface area is 109 Å². The molecule has 0 aliphatic carbocycles. The fourth-order valence-corrected chi connectivity index (χ4v) is 1.98. The monoisotopic (exact) mass is 255 g/mol. The zero-order valence-corrected chi connectivity index (χ0v) is 10.1. The first kappa shape index (κ1) is 12.8. The number of nitrogens with zero attached hydrogens (tertiary/aromatic N) is 1. The van der Waals surface area contributed by atoms with Crippen LogP contribution < -0.4 is 0 Å². The Balaban J connectivity index is 2.76. The molecule has 0 heterocycles. The summed E-state index contributed by atoms with van der Waals surface area (Å²) in [5.41, 5.74) is 1.29. The molecule has 0 unspecified atom stereocenters. The average Bonchev–Trinajstić information content (AvgIpc) is 2.38. The number of carboxylic acids is 1. The first-order valence-corrected chi connectivity index (χ1v) is 5.57. The van der Waals surface area contributed by atoms with Gasteiger partial charge in [0.1, 0.15) is 5.82 Å². The number of halogens is 1. The molecule has 0 bridgehead atoms. The normalized spacial score (nSPS) is 9.95. The van der Waals surface area contributed by atoms with Gasteiger partial charge >= 0.3 is 5.97 Å². The van der Waals surface area contributed by atoms with E-state index in [2.05, 4.69) is 0 Å². The Kier molecular flexibility index (Phi) is 3.30. The summed E-state index contributed by atoms with van der Waals surface area (Å²) in [6, 6.07) is 10.6. The van der Waals surface area contributed by atoms with E-state index in [1.54, 1.807) is 19.1 Å². The van der Waals surface area contributed by atoms with Crippen LogP contribution in [-0.4, -0.2) is 11.1 Å². The van der Waals surface area contributed by atoms with E-state index in [0.29, 0.717) is 5.56 Å². The number of carboxylic acid groups (broad SMARTS) is 1. The third kappa shape index (κ3) is 2.31. The molecule has 94 valence electrons. The van der Waals surface area contributed by atoms with E-state index in [1.807, 2.05) is 6.07 Å². The number of hydrogen-bond acceptors (Lipinski definition) is 2. The molecule has 0 amide bonds. The fraction of sp³-hybridized carbons (Fsp3) is 0.0667. The second-order valence-corrected chi connectivity index (χ2v) is 4.11. The standard InChI is InChI=1S/C15H10FNO2/c1-9-3-2-4-11(14(9)15(18)19)12-7-10(8-17)5-6-13(12)16/h2-7H,1H3,(H,18,19). The number of aromatic carboxylic acids is 1. The number of rotatable bonds is 2. The summed E-state index contributed by atoms with van der Waals surface area (Å²) >= 11 is 0. The van der Waals surface area contributed by atoms with Crippen molar-refractivity contribution in [1.82, 2.24) is 0 Å². The van der Waals surface area contributed by atoms with Gasteiger partial charge in [-0.1, -0.05) is 18.2 Å². The summed E-state index contributed by atoms with van der Waals surface area (Å²) in [6.07, 6.45) is 0. The van der Waals surface area contributed by atoms with Crippen LogP contribution in [0.3, 0.4) is 0 Å². The van der Waals surface area contributed by atoms with Crippen LogP contribution >= 0.6 is 0 Å². The third-order valence-electron chi connectivity index (χ3n) is 2.87. The fourth-order valence-electron chi connectivity index (χ4n) is 1.98. The highest BCUT2D eigenvalue weighted by atomic mass is 19.1. The predicted octanol–water partition coefficient (Wildman–Crippen LogP) is 3.37. The molecule has 0 radical (unpaired) electrons. The maximum absolute atomic E-state index is 13.9. The summed E-state index contributed by atoms with van der Waals surface area (Å²) in [7, 11) is 0. The van der Waals surface area contributed by atoms with E-state index in [4.69, 9.17) is 5.26 Å². The minimum Gasteiger partial charge on any atom is -0.478 e. The van der Waals surface area contributed by atoms with Crippen LogP contribution in [0.2, 0.25) is 0 Å². The van der Waals surface area contributed by atoms with Crippen LogP contribution in [0.25, 0.3) is 11.1 Å². The molecule has 0 saturated heterocycles. The van der Waals surface area contributed by atoms with E-state index < -0.39 is 11.8 Å². The lowest BCUT2D eigenvalue weighted by Gasteiger charge is -2.10. The van der Waals surface area contributed by atoms with Gasteiger partial charge in [0.2, 0.25) is 0 Å². The molecule has 0 saturated carbocycles. The lowest BCUT2D eigenvalue weighted by Crippen LogP contribution is -2.03. The molecule has 19 heavy (non-hydrogen) atoms. The van der Waals surface area contributed by atoms with Gasteiger partial charge in [-0.15, -0.1) is 0 Å². The predicted molar refractivity (Wildman–Crippen MR) is 68.2 cm³/mol. The molecule has 0 spiro atoms. The SMILES string of the molecule is Cc1cccc(-c2cc(C#N)ccc2F)c1C(=O)O. The molecule has 2 aromatic rings. The van der Waals surface area contributed by atoms with E-state index in [0.717, 1.165) is 0 Å². The van der Waals surface area contributed by atoms with E-state index in [1.165, 1.54) is 24.3 Å². The maximum atomic E-state index is 13.9. The Morgan fingerprint density at radius 3 is 2.63 bits per heavy atom. The minimum atomic E-state index is -1.12. The van der Waals surface area contributed by atoms with Crippen molar-refractivity contribution < 1.29 is 14.3 Å². The van der Waals surface area contributed by atoms with Crippen molar-refractivity contribution in [3.05, 3.63) is 58.9 Å². The molecule has 2 rings (SSSR count).